The van der Waals surface area contributed by atoms with Gasteiger partial charge in [-0.05, 0) is 49.4 Å². The zero-order valence-corrected chi connectivity index (χ0v) is 21.7. The van der Waals surface area contributed by atoms with Crippen LogP contribution < -0.4 is 10.6 Å². The monoisotopic (exact) mass is 525 g/mol. The zero-order valence-electron chi connectivity index (χ0n) is 20.9. The third-order valence-electron chi connectivity index (χ3n) is 5.84. The van der Waals surface area contributed by atoms with Gasteiger partial charge in [0.1, 0.15) is 18.3 Å². The van der Waals surface area contributed by atoms with E-state index in [0.717, 1.165) is 33.6 Å². The van der Waals surface area contributed by atoms with Crippen molar-refractivity contribution < 1.29 is 29.3 Å². The number of anilines is 1. The van der Waals surface area contributed by atoms with Crippen molar-refractivity contribution in [1.82, 2.24) is 10.3 Å². The number of nitrogens with zero attached hydrogens (tertiary/aromatic N) is 1. The molecule has 0 saturated heterocycles. The van der Waals surface area contributed by atoms with E-state index in [4.69, 9.17) is 9.47 Å². The van der Waals surface area contributed by atoms with Gasteiger partial charge in [0.25, 0.3) is 0 Å². The smallest absolute Gasteiger partial charge is 0.413 e. The second kappa shape index (κ2) is 11.3. The molecule has 1 aliphatic rings. The first kappa shape index (κ1) is 26.6. The fourth-order valence-electron chi connectivity index (χ4n) is 4.19. The summed E-state index contributed by atoms with van der Waals surface area (Å²) in [4.78, 5) is 28.6. The number of aliphatic hydroxyl groups excluding tert-OH is 2. The molecule has 1 aliphatic carbocycles. The number of thiazole rings is 1. The molecule has 2 unspecified atom stereocenters. The van der Waals surface area contributed by atoms with Crippen LogP contribution in [0.3, 0.4) is 0 Å². The van der Waals surface area contributed by atoms with Crippen molar-refractivity contribution in [2.24, 2.45) is 0 Å². The summed E-state index contributed by atoms with van der Waals surface area (Å²) in [5.74, 6) is -0.0413. The van der Waals surface area contributed by atoms with E-state index in [9.17, 15) is 19.8 Å². The van der Waals surface area contributed by atoms with Gasteiger partial charge < -0.3 is 25.0 Å². The summed E-state index contributed by atoms with van der Waals surface area (Å²) in [6, 6.07) is 16.2. The maximum absolute atomic E-state index is 12.3. The maximum atomic E-state index is 12.3. The minimum Gasteiger partial charge on any atom is -0.449 e. The number of benzene rings is 2. The Labute approximate surface area is 219 Å². The van der Waals surface area contributed by atoms with Crippen molar-refractivity contribution in [2.75, 3.05) is 18.5 Å². The highest BCUT2D eigenvalue weighted by atomic mass is 32.1. The number of aromatic nitrogens is 1. The normalized spacial score (nSPS) is 14.3. The van der Waals surface area contributed by atoms with E-state index in [1.54, 1.807) is 20.8 Å². The lowest BCUT2D eigenvalue weighted by Crippen LogP contribution is -2.30. The lowest BCUT2D eigenvalue weighted by Gasteiger charge is -2.19. The molecule has 0 bridgehead atoms. The fourth-order valence-corrected chi connectivity index (χ4v) is 5.04. The first-order chi connectivity index (χ1) is 17.6. The number of alkyl carbamates (subject to hydrolysis) is 1. The minimum absolute atomic E-state index is 0.0413. The highest BCUT2D eigenvalue weighted by Gasteiger charge is 2.29. The number of carbonyl (C=O) groups excluding carboxylic acids is 2. The Hall–Kier alpha value is -3.47. The van der Waals surface area contributed by atoms with Crippen LogP contribution in [0.5, 0.6) is 0 Å². The van der Waals surface area contributed by atoms with E-state index in [1.165, 1.54) is 6.20 Å². The van der Waals surface area contributed by atoms with Crippen molar-refractivity contribution >= 4 is 28.7 Å². The Balaban J connectivity index is 1.23. The Morgan fingerprint density at radius 3 is 2.27 bits per heavy atom. The number of nitrogens with one attached hydrogen (secondary N) is 2. The third kappa shape index (κ3) is 6.65. The SMILES string of the molecule is CC(C)(C)OC(=O)Nc1ncc(C(O)C(O)CCNC(=O)OCC2c3ccccc3-c3ccccc32)s1. The Bertz CT molecular complexity index is 1210. The topological polar surface area (TPSA) is 130 Å². The predicted molar refractivity (Wildman–Crippen MR) is 141 cm³/mol. The molecule has 4 N–H and O–H groups in total. The van der Waals surface area contributed by atoms with Gasteiger partial charge in [-0.25, -0.2) is 14.6 Å². The Morgan fingerprint density at radius 2 is 1.65 bits per heavy atom. The van der Waals surface area contributed by atoms with Crippen LogP contribution in [0.1, 0.15) is 55.2 Å². The van der Waals surface area contributed by atoms with Crippen molar-refractivity contribution in [1.29, 1.82) is 0 Å². The van der Waals surface area contributed by atoms with Crippen LogP contribution in [0.4, 0.5) is 14.7 Å². The lowest BCUT2D eigenvalue weighted by molar-refractivity contribution is 0.0156. The van der Waals surface area contributed by atoms with Crippen LogP contribution in [0, 0.1) is 0 Å². The standard InChI is InChI=1S/C27H31N3O6S/c1-27(2,3)36-26(34)30-24-29-14-22(37-24)23(32)21(31)12-13-28-25(33)35-15-20-18-10-6-4-8-16(18)17-9-5-7-11-19(17)20/h4-11,14,20-21,23,31-32H,12-13,15H2,1-3H3,(H,28,33)(H,29,30,34). The molecule has 2 aromatic carbocycles. The zero-order chi connectivity index (χ0) is 26.6. The third-order valence-corrected chi connectivity index (χ3v) is 6.82. The lowest BCUT2D eigenvalue weighted by atomic mass is 9.98. The molecule has 0 aliphatic heterocycles. The molecule has 2 amide bonds. The fraction of sp³-hybridized carbons (Fsp3) is 0.370. The van der Waals surface area contributed by atoms with Gasteiger partial charge in [-0.15, -0.1) is 0 Å². The first-order valence-corrected chi connectivity index (χ1v) is 12.8. The number of amides is 2. The molecule has 0 spiro atoms. The van der Waals surface area contributed by atoms with Crippen LogP contribution in [-0.4, -0.2) is 52.2 Å². The molecule has 10 heteroatoms. The molecule has 0 saturated carbocycles. The molecule has 196 valence electrons. The van der Waals surface area contributed by atoms with Gasteiger partial charge in [-0.3, -0.25) is 5.32 Å². The summed E-state index contributed by atoms with van der Waals surface area (Å²) in [6.07, 6.45) is -2.15. The summed E-state index contributed by atoms with van der Waals surface area (Å²) >= 11 is 1.03. The molecular formula is C27H31N3O6S. The maximum Gasteiger partial charge on any atom is 0.413 e. The van der Waals surface area contributed by atoms with Crippen LogP contribution in [0.15, 0.2) is 54.7 Å². The van der Waals surface area contributed by atoms with Gasteiger partial charge in [-0.2, -0.15) is 0 Å². The quantitative estimate of drug-likeness (QED) is 0.332. The molecule has 4 rings (SSSR count). The number of hydrogen-bond acceptors (Lipinski definition) is 8. The number of ether oxygens (including phenoxy) is 2. The highest BCUT2D eigenvalue weighted by molar-refractivity contribution is 7.15. The second-order valence-electron chi connectivity index (χ2n) is 9.75. The van der Waals surface area contributed by atoms with E-state index >= 15 is 0 Å². The van der Waals surface area contributed by atoms with Crippen LogP contribution >= 0.6 is 11.3 Å². The predicted octanol–water partition coefficient (Wildman–Crippen LogP) is 4.81. The average molecular weight is 526 g/mol. The van der Waals surface area contributed by atoms with Gasteiger partial charge in [0.05, 0.1) is 11.0 Å². The molecule has 0 fully saturated rings. The molecular weight excluding hydrogens is 494 g/mol. The number of carbonyl (C=O) groups is 2. The van der Waals surface area contributed by atoms with Crippen LogP contribution in [-0.2, 0) is 9.47 Å². The summed E-state index contributed by atoms with van der Waals surface area (Å²) in [5.41, 5.74) is 3.90. The molecule has 1 aromatic heterocycles. The molecule has 0 radical (unpaired) electrons. The molecule has 9 nitrogen and oxygen atoms in total. The van der Waals surface area contributed by atoms with Crippen molar-refractivity contribution in [3.63, 3.8) is 0 Å². The summed E-state index contributed by atoms with van der Waals surface area (Å²) in [5, 5.41) is 26.2. The van der Waals surface area contributed by atoms with Crippen molar-refractivity contribution in [3.05, 3.63) is 70.7 Å². The van der Waals surface area contributed by atoms with Gasteiger partial charge in [-0.1, -0.05) is 59.9 Å². The van der Waals surface area contributed by atoms with E-state index in [1.807, 2.05) is 36.4 Å². The molecule has 2 atom stereocenters. The van der Waals surface area contributed by atoms with E-state index < -0.39 is 30.0 Å². The average Bonchev–Trinajstić information content (AvgIpc) is 3.43. The highest BCUT2D eigenvalue weighted by Crippen LogP contribution is 2.44. The summed E-state index contributed by atoms with van der Waals surface area (Å²) in [6.45, 7) is 5.54. The second-order valence-corrected chi connectivity index (χ2v) is 10.8. The molecule has 1 heterocycles. The summed E-state index contributed by atoms with van der Waals surface area (Å²) < 4.78 is 10.7. The number of aliphatic hydroxyl groups is 2. The van der Waals surface area contributed by atoms with Gasteiger partial charge in [0, 0.05) is 18.7 Å². The van der Waals surface area contributed by atoms with Gasteiger partial charge >= 0.3 is 12.2 Å². The van der Waals surface area contributed by atoms with Crippen molar-refractivity contribution in [3.8, 4) is 11.1 Å². The summed E-state index contributed by atoms with van der Waals surface area (Å²) in [7, 11) is 0. The van der Waals surface area contributed by atoms with E-state index in [-0.39, 0.29) is 30.6 Å². The molecule has 3 aromatic rings. The Kier molecular flexibility index (Phi) is 8.11. The van der Waals surface area contributed by atoms with E-state index in [0.29, 0.717) is 4.88 Å². The number of hydrogen-bond donors (Lipinski definition) is 4. The number of fused-ring (bicyclic) bond motifs is 3. The Morgan fingerprint density at radius 1 is 1.03 bits per heavy atom. The molecule has 37 heavy (non-hydrogen) atoms. The van der Waals surface area contributed by atoms with Crippen LogP contribution in [0.2, 0.25) is 0 Å². The largest absolute Gasteiger partial charge is 0.449 e. The first-order valence-electron chi connectivity index (χ1n) is 12.0. The van der Waals surface area contributed by atoms with Gasteiger partial charge in [0.2, 0.25) is 0 Å². The van der Waals surface area contributed by atoms with Crippen molar-refractivity contribution in [2.45, 2.75) is 50.9 Å². The van der Waals surface area contributed by atoms with Gasteiger partial charge in [0.15, 0.2) is 5.13 Å². The van der Waals surface area contributed by atoms with E-state index in [2.05, 4.69) is 27.8 Å². The number of rotatable bonds is 8. The minimum atomic E-state index is -1.23. The van der Waals surface area contributed by atoms with Crippen LogP contribution in [0.25, 0.3) is 11.1 Å².